The van der Waals surface area contributed by atoms with Crippen molar-refractivity contribution in [2.45, 2.75) is 19.3 Å². The molecule has 0 fully saturated rings. The molecule has 1 atom stereocenters. The molecule has 0 unspecified atom stereocenters. The Balaban J connectivity index is 1.76. The van der Waals surface area contributed by atoms with Gasteiger partial charge in [-0.15, -0.1) is 0 Å². The zero-order valence-electron chi connectivity index (χ0n) is 12.8. The lowest BCUT2D eigenvalue weighted by Crippen LogP contribution is -2.14. The highest BCUT2D eigenvalue weighted by molar-refractivity contribution is 5.70. The van der Waals surface area contributed by atoms with Crippen LogP contribution in [0.5, 0.6) is 0 Å². The Morgan fingerprint density at radius 1 is 0.957 bits per heavy atom. The van der Waals surface area contributed by atoms with Crippen LogP contribution in [0, 0.1) is 0 Å². The van der Waals surface area contributed by atoms with Crippen LogP contribution in [0.15, 0.2) is 72.5 Å². The number of rotatable bonds is 9. The molecule has 1 N–H and O–H groups in total. The third kappa shape index (κ3) is 6.46. The third-order valence-corrected chi connectivity index (χ3v) is 3.12. The Morgan fingerprint density at radius 2 is 1.52 bits per heavy atom. The molecule has 0 amide bonds. The van der Waals surface area contributed by atoms with Crippen molar-refractivity contribution in [2.75, 3.05) is 6.61 Å². The molecule has 120 valence electrons. The molecule has 2 aromatic rings. The van der Waals surface area contributed by atoms with Crippen LogP contribution < -0.4 is 0 Å². The second kappa shape index (κ2) is 9.56. The van der Waals surface area contributed by atoms with E-state index >= 15 is 0 Å². The van der Waals surface area contributed by atoms with E-state index < -0.39 is 6.10 Å². The number of carbonyl (C=O) groups excluding carboxylic acids is 1. The first-order valence-electron chi connectivity index (χ1n) is 7.41. The van der Waals surface area contributed by atoms with Gasteiger partial charge in [-0.2, -0.15) is 0 Å². The van der Waals surface area contributed by atoms with E-state index in [1.54, 1.807) is 0 Å². The highest BCUT2D eigenvalue weighted by atomic mass is 16.5. The summed E-state index contributed by atoms with van der Waals surface area (Å²) >= 11 is 0. The van der Waals surface area contributed by atoms with Gasteiger partial charge in [-0.05, 0) is 17.2 Å². The van der Waals surface area contributed by atoms with Crippen LogP contribution >= 0.6 is 0 Å². The maximum Gasteiger partial charge on any atom is 0.184 e. The number of hydrogen-bond donors (Lipinski definition) is 1. The van der Waals surface area contributed by atoms with E-state index in [-0.39, 0.29) is 19.0 Å². The molecule has 0 spiro atoms. The van der Waals surface area contributed by atoms with E-state index in [1.807, 2.05) is 60.7 Å². The van der Waals surface area contributed by atoms with E-state index in [2.05, 4.69) is 0 Å². The summed E-state index contributed by atoms with van der Waals surface area (Å²) in [5, 5.41) is 9.89. The van der Waals surface area contributed by atoms with Crippen LogP contribution in [-0.2, 0) is 27.5 Å². The molecule has 4 heteroatoms. The first-order chi connectivity index (χ1) is 11.3. The van der Waals surface area contributed by atoms with Crippen molar-refractivity contribution in [1.82, 2.24) is 0 Å². The van der Waals surface area contributed by atoms with E-state index in [0.717, 1.165) is 11.1 Å². The van der Waals surface area contributed by atoms with Crippen molar-refractivity contribution in [2.24, 2.45) is 0 Å². The average Bonchev–Trinajstić information content (AvgIpc) is 2.60. The van der Waals surface area contributed by atoms with Crippen LogP contribution in [0.1, 0.15) is 11.1 Å². The molecule has 0 saturated carbocycles. The fourth-order valence-corrected chi connectivity index (χ4v) is 1.97. The zero-order valence-corrected chi connectivity index (χ0v) is 12.8. The minimum absolute atomic E-state index is 0.0981. The second-order valence-corrected chi connectivity index (χ2v) is 5.03. The molecule has 2 rings (SSSR count). The highest BCUT2D eigenvalue weighted by Gasteiger charge is 2.05. The summed E-state index contributed by atoms with van der Waals surface area (Å²) in [6, 6.07) is 19.2. The number of hydrogen-bond acceptors (Lipinski definition) is 4. The van der Waals surface area contributed by atoms with Gasteiger partial charge in [-0.3, -0.25) is 4.79 Å². The van der Waals surface area contributed by atoms with Gasteiger partial charge in [0.05, 0.1) is 19.3 Å². The molecule has 0 aliphatic heterocycles. The maximum absolute atomic E-state index is 11.0. The largest absolute Gasteiger partial charge is 0.486 e. The SMILES string of the molecule is O=C/C(=C/[C@H](O)COCc1ccccc1)OCc1ccccc1. The molecule has 0 saturated heterocycles. The van der Waals surface area contributed by atoms with E-state index in [4.69, 9.17) is 9.47 Å². The van der Waals surface area contributed by atoms with Gasteiger partial charge in [0.25, 0.3) is 0 Å². The number of aliphatic hydroxyl groups is 1. The zero-order chi connectivity index (χ0) is 16.3. The first-order valence-corrected chi connectivity index (χ1v) is 7.41. The summed E-state index contributed by atoms with van der Waals surface area (Å²) in [6.45, 7) is 0.789. The van der Waals surface area contributed by atoms with Crippen molar-refractivity contribution in [3.05, 3.63) is 83.6 Å². The van der Waals surface area contributed by atoms with Crippen LogP contribution in [0.3, 0.4) is 0 Å². The molecule has 2 aromatic carbocycles. The van der Waals surface area contributed by atoms with Gasteiger partial charge in [0.2, 0.25) is 0 Å². The Hall–Kier alpha value is -2.43. The predicted molar refractivity (Wildman–Crippen MR) is 87.5 cm³/mol. The van der Waals surface area contributed by atoms with Crippen molar-refractivity contribution in [3.8, 4) is 0 Å². The fraction of sp³-hybridized carbons (Fsp3) is 0.211. The van der Waals surface area contributed by atoms with Crippen molar-refractivity contribution in [1.29, 1.82) is 0 Å². The number of benzene rings is 2. The molecular formula is C19H20O4. The first kappa shape index (κ1) is 16.9. The lowest BCUT2D eigenvalue weighted by molar-refractivity contribution is -0.108. The summed E-state index contributed by atoms with van der Waals surface area (Å²) in [5.74, 6) is 0.102. The number of ether oxygens (including phenoxy) is 2. The minimum atomic E-state index is -0.894. The van der Waals surface area contributed by atoms with Gasteiger partial charge < -0.3 is 14.6 Å². The third-order valence-electron chi connectivity index (χ3n) is 3.12. The standard InChI is InChI=1S/C19H20O4/c20-12-19(23-14-17-9-5-2-6-10-17)11-18(21)15-22-13-16-7-3-1-4-8-16/h1-12,18,21H,13-15H2/b19-11-/t18-/m0/s1. The van der Waals surface area contributed by atoms with Gasteiger partial charge in [0.15, 0.2) is 12.0 Å². The van der Waals surface area contributed by atoms with Crippen LogP contribution in [0.2, 0.25) is 0 Å². The van der Waals surface area contributed by atoms with Crippen molar-refractivity contribution < 1.29 is 19.4 Å². The molecule has 0 bridgehead atoms. The van der Waals surface area contributed by atoms with E-state index in [1.165, 1.54) is 6.08 Å². The molecule has 0 heterocycles. The van der Waals surface area contributed by atoms with Crippen LogP contribution in [0.4, 0.5) is 0 Å². The summed E-state index contributed by atoms with van der Waals surface area (Å²) in [4.78, 5) is 11.0. The van der Waals surface area contributed by atoms with Crippen molar-refractivity contribution in [3.63, 3.8) is 0 Å². The molecule has 0 radical (unpaired) electrons. The Kier molecular flexibility index (Phi) is 7.04. The number of carbonyl (C=O) groups is 1. The quantitative estimate of drug-likeness (QED) is 0.439. The van der Waals surface area contributed by atoms with Crippen LogP contribution in [-0.4, -0.2) is 24.1 Å². The number of aldehydes is 1. The van der Waals surface area contributed by atoms with E-state index in [0.29, 0.717) is 12.9 Å². The van der Waals surface area contributed by atoms with Gasteiger partial charge >= 0.3 is 0 Å². The molecule has 0 aromatic heterocycles. The van der Waals surface area contributed by atoms with E-state index in [9.17, 15) is 9.90 Å². The average molecular weight is 312 g/mol. The van der Waals surface area contributed by atoms with Gasteiger partial charge in [-0.1, -0.05) is 60.7 Å². The van der Waals surface area contributed by atoms with Gasteiger partial charge in [-0.25, -0.2) is 0 Å². The molecule has 4 nitrogen and oxygen atoms in total. The van der Waals surface area contributed by atoms with Gasteiger partial charge in [0.1, 0.15) is 6.61 Å². The summed E-state index contributed by atoms with van der Waals surface area (Å²) in [7, 11) is 0. The van der Waals surface area contributed by atoms with Crippen LogP contribution in [0.25, 0.3) is 0 Å². The second-order valence-electron chi connectivity index (χ2n) is 5.03. The topological polar surface area (TPSA) is 55.8 Å². The molecule has 0 aliphatic rings. The van der Waals surface area contributed by atoms with Crippen molar-refractivity contribution >= 4 is 6.29 Å². The summed E-state index contributed by atoms with van der Waals surface area (Å²) in [5.41, 5.74) is 1.98. The highest BCUT2D eigenvalue weighted by Crippen LogP contribution is 2.06. The molecule has 23 heavy (non-hydrogen) atoms. The number of allylic oxidation sites excluding steroid dienone is 1. The Morgan fingerprint density at radius 3 is 2.09 bits per heavy atom. The molecular weight excluding hydrogens is 292 g/mol. The Labute approximate surface area is 136 Å². The minimum Gasteiger partial charge on any atom is -0.486 e. The normalized spacial score (nSPS) is 12.7. The number of aliphatic hydroxyl groups excluding tert-OH is 1. The monoisotopic (exact) mass is 312 g/mol. The lowest BCUT2D eigenvalue weighted by Gasteiger charge is -2.10. The molecule has 0 aliphatic carbocycles. The Bertz CT molecular complexity index is 608. The predicted octanol–water partition coefficient (Wildman–Crippen LogP) is 2.86. The summed E-state index contributed by atoms with van der Waals surface area (Å²) < 4.78 is 10.8. The lowest BCUT2D eigenvalue weighted by atomic mass is 10.2. The summed E-state index contributed by atoms with van der Waals surface area (Å²) in [6.07, 6.45) is 1.05. The fourth-order valence-electron chi connectivity index (χ4n) is 1.97. The smallest absolute Gasteiger partial charge is 0.184 e. The maximum atomic E-state index is 11.0. The van der Waals surface area contributed by atoms with Gasteiger partial charge in [0, 0.05) is 0 Å².